The minimum absolute atomic E-state index is 0.139. The van der Waals surface area contributed by atoms with Gasteiger partial charge in [-0.3, -0.25) is 4.79 Å². The molecule has 1 atom stereocenters. The topological polar surface area (TPSA) is 76.0 Å². The van der Waals surface area contributed by atoms with Gasteiger partial charge >= 0.3 is 0 Å². The summed E-state index contributed by atoms with van der Waals surface area (Å²) in [4.78, 5) is 12.7. The summed E-state index contributed by atoms with van der Waals surface area (Å²) in [6.45, 7) is 3.45. The third kappa shape index (κ3) is 3.68. The SMILES string of the molecule is COc1cc(O)c2c(c1CCC(C)(C)O)O[C@H](c1ccccc1)CC2=O. The molecule has 1 aliphatic rings. The molecule has 0 aromatic heterocycles. The smallest absolute Gasteiger partial charge is 0.174 e. The highest BCUT2D eigenvalue weighted by Crippen LogP contribution is 2.46. The molecule has 0 saturated carbocycles. The van der Waals surface area contributed by atoms with Gasteiger partial charge < -0.3 is 19.7 Å². The van der Waals surface area contributed by atoms with E-state index in [0.29, 0.717) is 29.9 Å². The van der Waals surface area contributed by atoms with E-state index in [1.807, 2.05) is 30.3 Å². The van der Waals surface area contributed by atoms with Crippen molar-refractivity contribution in [1.82, 2.24) is 0 Å². The van der Waals surface area contributed by atoms with Gasteiger partial charge in [0.25, 0.3) is 0 Å². The highest BCUT2D eigenvalue weighted by molar-refractivity contribution is 6.03. The van der Waals surface area contributed by atoms with E-state index < -0.39 is 11.7 Å². The summed E-state index contributed by atoms with van der Waals surface area (Å²) in [6, 6.07) is 11.0. The molecule has 0 unspecified atom stereocenters. The lowest BCUT2D eigenvalue weighted by Gasteiger charge is -2.29. The lowest BCUT2D eigenvalue weighted by molar-refractivity contribution is 0.0705. The van der Waals surface area contributed by atoms with Crippen molar-refractivity contribution in [3.05, 3.63) is 53.1 Å². The number of aromatic hydroxyl groups is 1. The molecule has 0 aliphatic carbocycles. The Bertz CT molecular complexity index is 805. The fourth-order valence-corrected chi connectivity index (χ4v) is 3.22. The van der Waals surface area contributed by atoms with Gasteiger partial charge in [0.05, 0.1) is 19.1 Å². The van der Waals surface area contributed by atoms with Crippen LogP contribution in [0.3, 0.4) is 0 Å². The molecule has 2 aromatic carbocycles. The summed E-state index contributed by atoms with van der Waals surface area (Å²) in [6.07, 6.45) is 0.684. The predicted octanol–water partition coefficient (Wildman–Crippen LogP) is 3.81. The van der Waals surface area contributed by atoms with Crippen molar-refractivity contribution in [2.75, 3.05) is 7.11 Å². The molecule has 5 heteroatoms. The van der Waals surface area contributed by atoms with Gasteiger partial charge in [0, 0.05) is 11.6 Å². The highest BCUT2D eigenvalue weighted by Gasteiger charge is 2.34. The van der Waals surface area contributed by atoms with Gasteiger partial charge in [0.2, 0.25) is 0 Å². The number of carbonyl (C=O) groups excluding carboxylic acids is 1. The molecule has 1 aliphatic heterocycles. The van der Waals surface area contributed by atoms with E-state index in [9.17, 15) is 15.0 Å². The van der Waals surface area contributed by atoms with Crippen LogP contribution < -0.4 is 9.47 Å². The van der Waals surface area contributed by atoms with Gasteiger partial charge in [0.1, 0.15) is 28.9 Å². The van der Waals surface area contributed by atoms with Gasteiger partial charge in [-0.25, -0.2) is 0 Å². The molecule has 2 aromatic rings. The van der Waals surface area contributed by atoms with Crippen LogP contribution in [0.4, 0.5) is 0 Å². The summed E-state index contributed by atoms with van der Waals surface area (Å²) in [7, 11) is 1.51. The molecule has 0 bridgehead atoms. The number of hydrogen-bond donors (Lipinski definition) is 2. The number of fused-ring (bicyclic) bond motifs is 1. The zero-order valence-electron chi connectivity index (χ0n) is 15.3. The normalized spacial score (nSPS) is 16.8. The Morgan fingerprint density at radius 1 is 1.27 bits per heavy atom. The number of Topliss-reactive ketones (excluding diaryl/α,β-unsaturated/α-hetero) is 1. The van der Waals surface area contributed by atoms with Crippen LogP contribution in [0, 0.1) is 0 Å². The number of ether oxygens (including phenoxy) is 2. The summed E-state index contributed by atoms with van der Waals surface area (Å²) in [5.74, 6) is 0.508. The molecule has 138 valence electrons. The minimum atomic E-state index is -0.868. The molecule has 1 heterocycles. The van der Waals surface area contributed by atoms with E-state index in [1.54, 1.807) is 13.8 Å². The van der Waals surface area contributed by atoms with E-state index >= 15 is 0 Å². The van der Waals surface area contributed by atoms with E-state index in [2.05, 4.69) is 0 Å². The van der Waals surface area contributed by atoms with Crippen molar-refractivity contribution < 1.29 is 24.5 Å². The van der Waals surface area contributed by atoms with Crippen LogP contribution in [0.5, 0.6) is 17.2 Å². The Hall–Kier alpha value is -2.53. The fourth-order valence-electron chi connectivity index (χ4n) is 3.22. The van der Waals surface area contributed by atoms with Crippen molar-refractivity contribution in [3.8, 4) is 17.2 Å². The Labute approximate surface area is 153 Å². The first kappa shape index (κ1) is 18.3. The first-order valence-electron chi connectivity index (χ1n) is 8.70. The Balaban J connectivity index is 2.06. The fraction of sp³-hybridized carbons (Fsp3) is 0.381. The van der Waals surface area contributed by atoms with Crippen molar-refractivity contribution in [1.29, 1.82) is 0 Å². The van der Waals surface area contributed by atoms with Gasteiger partial charge in [-0.2, -0.15) is 0 Å². The third-order valence-corrected chi connectivity index (χ3v) is 4.61. The maximum absolute atomic E-state index is 12.7. The molecule has 0 amide bonds. The number of phenols is 1. The number of benzene rings is 2. The Kier molecular flexibility index (Phi) is 4.92. The Morgan fingerprint density at radius 3 is 2.58 bits per heavy atom. The number of ketones is 1. The Morgan fingerprint density at radius 2 is 1.96 bits per heavy atom. The van der Waals surface area contributed by atoms with Crippen LogP contribution in [0.15, 0.2) is 36.4 Å². The molecule has 0 saturated heterocycles. The first-order valence-corrected chi connectivity index (χ1v) is 8.70. The van der Waals surface area contributed by atoms with Crippen molar-refractivity contribution in [2.45, 2.75) is 44.8 Å². The van der Waals surface area contributed by atoms with E-state index in [1.165, 1.54) is 13.2 Å². The van der Waals surface area contributed by atoms with Crippen molar-refractivity contribution >= 4 is 5.78 Å². The maximum Gasteiger partial charge on any atom is 0.174 e. The highest BCUT2D eigenvalue weighted by atomic mass is 16.5. The molecule has 2 N–H and O–H groups in total. The molecule has 0 fully saturated rings. The average molecular weight is 356 g/mol. The summed E-state index contributed by atoms with van der Waals surface area (Å²) in [5, 5.41) is 20.4. The molecule has 3 rings (SSSR count). The third-order valence-electron chi connectivity index (χ3n) is 4.61. The van der Waals surface area contributed by atoms with Crippen LogP contribution in [0.25, 0.3) is 0 Å². The molecule has 0 spiro atoms. The van der Waals surface area contributed by atoms with Gasteiger partial charge in [-0.1, -0.05) is 30.3 Å². The zero-order chi connectivity index (χ0) is 18.9. The van der Waals surface area contributed by atoms with E-state index in [-0.39, 0.29) is 23.5 Å². The second-order valence-electron chi connectivity index (χ2n) is 7.24. The summed E-state index contributed by atoms with van der Waals surface area (Å²) >= 11 is 0. The van der Waals surface area contributed by atoms with Crippen LogP contribution in [0.2, 0.25) is 0 Å². The maximum atomic E-state index is 12.7. The lowest BCUT2D eigenvalue weighted by Crippen LogP contribution is -2.23. The lowest BCUT2D eigenvalue weighted by atomic mass is 9.90. The summed E-state index contributed by atoms with van der Waals surface area (Å²) < 4.78 is 11.6. The molecule has 5 nitrogen and oxygen atoms in total. The second-order valence-corrected chi connectivity index (χ2v) is 7.24. The van der Waals surface area contributed by atoms with Gasteiger partial charge in [-0.15, -0.1) is 0 Å². The standard InChI is InChI=1S/C21H24O5/c1-21(2,24)10-9-14-18(25-3)12-16(23)19-15(22)11-17(26-20(14)19)13-7-5-4-6-8-13/h4-8,12,17,23-24H,9-11H2,1-3H3/t17-/m0/s1. The minimum Gasteiger partial charge on any atom is -0.507 e. The van der Waals surface area contributed by atoms with Crippen molar-refractivity contribution in [3.63, 3.8) is 0 Å². The number of methoxy groups -OCH3 is 1. The number of rotatable bonds is 5. The molecular formula is C21H24O5. The van der Waals surface area contributed by atoms with E-state index in [0.717, 1.165) is 5.56 Å². The van der Waals surface area contributed by atoms with Crippen LogP contribution in [-0.4, -0.2) is 28.7 Å². The van der Waals surface area contributed by atoms with Crippen LogP contribution >= 0.6 is 0 Å². The van der Waals surface area contributed by atoms with Crippen LogP contribution in [0.1, 0.15) is 54.3 Å². The average Bonchev–Trinajstić information content (AvgIpc) is 2.60. The molecule has 0 radical (unpaired) electrons. The largest absolute Gasteiger partial charge is 0.507 e. The van der Waals surface area contributed by atoms with Crippen LogP contribution in [-0.2, 0) is 6.42 Å². The number of hydrogen-bond acceptors (Lipinski definition) is 5. The summed E-state index contributed by atoms with van der Waals surface area (Å²) in [5.41, 5.74) is 0.926. The molecule has 26 heavy (non-hydrogen) atoms. The van der Waals surface area contributed by atoms with E-state index in [4.69, 9.17) is 9.47 Å². The predicted molar refractivity (Wildman–Crippen MR) is 98.0 cm³/mol. The number of phenolic OH excluding ortho intramolecular Hbond substituents is 1. The molecular weight excluding hydrogens is 332 g/mol. The number of aliphatic hydroxyl groups is 1. The van der Waals surface area contributed by atoms with Gasteiger partial charge in [-0.05, 0) is 32.3 Å². The number of carbonyl (C=O) groups is 1. The second kappa shape index (κ2) is 7.00. The van der Waals surface area contributed by atoms with Gasteiger partial charge in [0.15, 0.2) is 5.78 Å². The first-order chi connectivity index (χ1) is 12.3. The van der Waals surface area contributed by atoms with Crippen molar-refractivity contribution in [2.24, 2.45) is 0 Å². The zero-order valence-corrected chi connectivity index (χ0v) is 15.3. The monoisotopic (exact) mass is 356 g/mol. The quantitative estimate of drug-likeness (QED) is 0.852.